The van der Waals surface area contributed by atoms with Crippen molar-refractivity contribution in [3.8, 4) is 0 Å². The Kier molecular flexibility index (Phi) is 5.00. The van der Waals surface area contributed by atoms with Gasteiger partial charge >= 0.3 is 11.9 Å². The first-order valence-electron chi connectivity index (χ1n) is 7.38. The van der Waals surface area contributed by atoms with E-state index in [1.165, 1.54) is 16.4 Å². The standard InChI is InChI=1S/C14H22N4O3S/c1-5-21-11(20)10(19)17-6-8-18(9-7-17)13-15-12(16-22-13)14(2,3)4/h5-9H2,1-4H3. The Bertz CT molecular complexity index is 545. The zero-order chi connectivity index (χ0) is 16.3. The van der Waals surface area contributed by atoms with Gasteiger partial charge in [0.15, 0.2) is 0 Å². The maximum Gasteiger partial charge on any atom is 0.397 e. The van der Waals surface area contributed by atoms with Gasteiger partial charge in [0.2, 0.25) is 5.13 Å². The van der Waals surface area contributed by atoms with Gasteiger partial charge in [-0.3, -0.25) is 4.79 Å². The molecular formula is C14H22N4O3S. The lowest BCUT2D eigenvalue weighted by atomic mass is 9.96. The maximum absolute atomic E-state index is 11.9. The number of hydrogen-bond donors (Lipinski definition) is 0. The number of carbonyl (C=O) groups excluding carboxylic acids is 2. The molecule has 22 heavy (non-hydrogen) atoms. The van der Waals surface area contributed by atoms with Gasteiger partial charge in [-0.25, -0.2) is 9.78 Å². The molecule has 0 unspecified atom stereocenters. The summed E-state index contributed by atoms with van der Waals surface area (Å²) in [5.74, 6) is -0.506. The molecule has 0 atom stereocenters. The Morgan fingerprint density at radius 3 is 2.36 bits per heavy atom. The molecule has 0 saturated carbocycles. The van der Waals surface area contributed by atoms with E-state index in [0.29, 0.717) is 26.2 Å². The first kappa shape index (κ1) is 16.7. The topological polar surface area (TPSA) is 75.6 Å². The molecule has 1 saturated heterocycles. The molecule has 1 fully saturated rings. The number of ether oxygens (including phenoxy) is 1. The first-order chi connectivity index (χ1) is 10.3. The lowest BCUT2D eigenvalue weighted by Gasteiger charge is -2.33. The van der Waals surface area contributed by atoms with Gasteiger partial charge in [-0.1, -0.05) is 20.8 Å². The van der Waals surface area contributed by atoms with E-state index in [1.54, 1.807) is 6.92 Å². The van der Waals surface area contributed by atoms with E-state index in [0.717, 1.165) is 11.0 Å². The van der Waals surface area contributed by atoms with Crippen molar-refractivity contribution in [1.82, 2.24) is 14.3 Å². The largest absolute Gasteiger partial charge is 0.459 e. The summed E-state index contributed by atoms with van der Waals surface area (Å²) in [6.07, 6.45) is 0. The molecule has 1 aliphatic rings. The van der Waals surface area contributed by atoms with Crippen molar-refractivity contribution in [1.29, 1.82) is 0 Å². The van der Waals surface area contributed by atoms with E-state index in [1.807, 2.05) is 0 Å². The highest BCUT2D eigenvalue weighted by atomic mass is 32.1. The molecule has 1 aliphatic heterocycles. The van der Waals surface area contributed by atoms with Crippen molar-refractivity contribution in [2.45, 2.75) is 33.1 Å². The van der Waals surface area contributed by atoms with Crippen LogP contribution in [0.25, 0.3) is 0 Å². The van der Waals surface area contributed by atoms with E-state index in [9.17, 15) is 9.59 Å². The van der Waals surface area contributed by atoms with Crippen LogP contribution in [0.15, 0.2) is 0 Å². The summed E-state index contributed by atoms with van der Waals surface area (Å²) >= 11 is 1.38. The van der Waals surface area contributed by atoms with E-state index in [4.69, 9.17) is 4.74 Å². The van der Waals surface area contributed by atoms with Crippen LogP contribution >= 0.6 is 11.5 Å². The van der Waals surface area contributed by atoms with Crippen molar-refractivity contribution in [3.05, 3.63) is 5.82 Å². The molecule has 7 nitrogen and oxygen atoms in total. The zero-order valence-corrected chi connectivity index (χ0v) is 14.3. The highest BCUT2D eigenvalue weighted by Crippen LogP contribution is 2.25. The quantitative estimate of drug-likeness (QED) is 0.597. The number of aromatic nitrogens is 2. The van der Waals surface area contributed by atoms with Crippen LogP contribution in [-0.2, 0) is 19.7 Å². The molecule has 0 N–H and O–H groups in total. The van der Waals surface area contributed by atoms with Crippen LogP contribution in [0.5, 0.6) is 0 Å². The molecule has 1 aromatic rings. The Hall–Kier alpha value is -1.70. The van der Waals surface area contributed by atoms with Crippen molar-refractivity contribution >= 4 is 28.5 Å². The van der Waals surface area contributed by atoms with Crippen LogP contribution < -0.4 is 4.90 Å². The van der Waals surface area contributed by atoms with Crippen LogP contribution in [0.2, 0.25) is 0 Å². The zero-order valence-electron chi connectivity index (χ0n) is 13.5. The Labute approximate surface area is 134 Å². The highest BCUT2D eigenvalue weighted by Gasteiger charge is 2.29. The molecule has 1 aromatic heterocycles. The lowest BCUT2D eigenvalue weighted by Crippen LogP contribution is -2.51. The molecule has 0 aromatic carbocycles. The molecule has 8 heteroatoms. The van der Waals surface area contributed by atoms with E-state index < -0.39 is 11.9 Å². The summed E-state index contributed by atoms with van der Waals surface area (Å²) < 4.78 is 9.15. The highest BCUT2D eigenvalue weighted by molar-refractivity contribution is 7.09. The predicted molar refractivity (Wildman–Crippen MR) is 84.0 cm³/mol. The average Bonchev–Trinajstić information content (AvgIpc) is 2.97. The number of anilines is 1. The van der Waals surface area contributed by atoms with Gasteiger partial charge in [0.05, 0.1) is 6.61 Å². The molecule has 2 rings (SSSR count). The maximum atomic E-state index is 11.9. The molecule has 0 bridgehead atoms. The van der Waals surface area contributed by atoms with Gasteiger partial charge < -0.3 is 14.5 Å². The molecule has 0 radical (unpaired) electrons. The third-order valence-electron chi connectivity index (χ3n) is 3.37. The van der Waals surface area contributed by atoms with Crippen LogP contribution in [0, 0.1) is 0 Å². The molecule has 122 valence electrons. The van der Waals surface area contributed by atoms with Crippen LogP contribution in [-0.4, -0.2) is 58.9 Å². The fourth-order valence-electron chi connectivity index (χ4n) is 2.07. The number of rotatable bonds is 2. The summed E-state index contributed by atoms with van der Waals surface area (Å²) in [5.41, 5.74) is -0.0730. The number of carbonyl (C=O) groups is 2. The number of amides is 1. The monoisotopic (exact) mass is 326 g/mol. The Morgan fingerprint density at radius 2 is 1.86 bits per heavy atom. The summed E-state index contributed by atoms with van der Waals surface area (Å²) in [6, 6.07) is 0. The summed E-state index contributed by atoms with van der Waals surface area (Å²) in [5, 5.41) is 0.869. The van der Waals surface area contributed by atoms with Crippen molar-refractivity contribution in [2.75, 3.05) is 37.7 Å². The Balaban J connectivity index is 1.93. The number of hydrogen-bond acceptors (Lipinski definition) is 7. The van der Waals surface area contributed by atoms with Crippen LogP contribution in [0.4, 0.5) is 5.13 Å². The normalized spacial score (nSPS) is 15.8. The van der Waals surface area contributed by atoms with Gasteiger partial charge in [0.25, 0.3) is 0 Å². The predicted octanol–water partition coefficient (Wildman–Crippen LogP) is 1.05. The molecule has 1 amide bonds. The average molecular weight is 326 g/mol. The van der Waals surface area contributed by atoms with Gasteiger partial charge in [0, 0.05) is 43.1 Å². The van der Waals surface area contributed by atoms with Gasteiger partial charge in [-0.15, -0.1) is 0 Å². The second-order valence-electron chi connectivity index (χ2n) is 6.15. The number of nitrogens with zero attached hydrogens (tertiary/aromatic N) is 4. The van der Waals surface area contributed by atoms with Crippen LogP contribution in [0.3, 0.4) is 0 Å². The fraction of sp³-hybridized carbons (Fsp3) is 0.714. The third-order valence-corrected chi connectivity index (χ3v) is 4.15. The Morgan fingerprint density at radius 1 is 1.23 bits per heavy atom. The van der Waals surface area contributed by atoms with Crippen molar-refractivity contribution < 1.29 is 14.3 Å². The molecular weight excluding hydrogens is 304 g/mol. The van der Waals surface area contributed by atoms with E-state index in [2.05, 4.69) is 35.0 Å². The van der Waals surface area contributed by atoms with Crippen molar-refractivity contribution in [3.63, 3.8) is 0 Å². The van der Waals surface area contributed by atoms with Gasteiger partial charge in [-0.05, 0) is 6.92 Å². The second kappa shape index (κ2) is 6.60. The van der Waals surface area contributed by atoms with Crippen LogP contribution in [0.1, 0.15) is 33.5 Å². The SMILES string of the molecule is CCOC(=O)C(=O)N1CCN(c2nc(C(C)(C)C)ns2)CC1. The van der Waals surface area contributed by atoms with Gasteiger partial charge in [-0.2, -0.15) is 4.37 Å². The summed E-state index contributed by atoms with van der Waals surface area (Å²) in [4.78, 5) is 31.5. The lowest BCUT2D eigenvalue weighted by molar-refractivity contribution is -0.160. The third kappa shape index (κ3) is 3.73. The summed E-state index contributed by atoms with van der Waals surface area (Å²) in [7, 11) is 0. The minimum Gasteiger partial charge on any atom is -0.459 e. The first-order valence-corrected chi connectivity index (χ1v) is 8.15. The number of esters is 1. The number of piperazine rings is 1. The molecule has 0 spiro atoms. The summed E-state index contributed by atoms with van der Waals surface area (Å²) in [6.45, 7) is 10.4. The fourth-order valence-corrected chi connectivity index (χ4v) is 2.98. The second-order valence-corrected chi connectivity index (χ2v) is 6.88. The minimum atomic E-state index is -0.776. The smallest absolute Gasteiger partial charge is 0.397 e. The van der Waals surface area contributed by atoms with Gasteiger partial charge in [0.1, 0.15) is 5.82 Å². The van der Waals surface area contributed by atoms with Crippen molar-refractivity contribution in [2.24, 2.45) is 0 Å². The minimum absolute atomic E-state index is 0.0730. The molecule has 2 heterocycles. The molecule has 0 aliphatic carbocycles. The van der Waals surface area contributed by atoms with E-state index >= 15 is 0 Å². The van der Waals surface area contributed by atoms with E-state index in [-0.39, 0.29) is 12.0 Å².